The molecule has 0 atom stereocenters. The van der Waals surface area contributed by atoms with Gasteiger partial charge in [0.15, 0.2) is 17.3 Å². The molecule has 0 saturated heterocycles. The number of hydrogen-bond donors (Lipinski definition) is 0. The van der Waals surface area contributed by atoms with E-state index in [1.54, 1.807) is 14.2 Å². The van der Waals surface area contributed by atoms with Crippen LogP contribution in [0.25, 0.3) is 11.3 Å². The summed E-state index contributed by atoms with van der Waals surface area (Å²) in [5.74, 6) is 1.99. The Morgan fingerprint density at radius 2 is 1.76 bits per heavy atom. The van der Waals surface area contributed by atoms with Gasteiger partial charge in [0.25, 0.3) is 0 Å². The fraction of sp³-hybridized carbons (Fsp3) is 0.250. The lowest BCUT2D eigenvalue weighted by atomic mass is 10.0. The Hall–Kier alpha value is -3.93. The summed E-state index contributed by atoms with van der Waals surface area (Å²) in [5, 5.41) is 0. The number of carbonyl (C=O) groups is 1. The van der Waals surface area contributed by atoms with Gasteiger partial charge in [-0.2, -0.15) is 0 Å². The minimum Gasteiger partial charge on any atom is -0.493 e. The van der Waals surface area contributed by atoms with Gasteiger partial charge in [-0.3, -0.25) is 9.79 Å². The second-order valence-corrected chi connectivity index (χ2v) is 8.14. The van der Waals surface area contributed by atoms with Crippen LogP contribution in [0.3, 0.4) is 0 Å². The number of methoxy groups -OCH3 is 2. The van der Waals surface area contributed by atoms with E-state index in [-0.39, 0.29) is 5.78 Å². The van der Waals surface area contributed by atoms with E-state index in [0.29, 0.717) is 49.1 Å². The van der Waals surface area contributed by atoms with Gasteiger partial charge in [-0.25, -0.2) is 4.98 Å². The monoisotopic (exact) mass is 456 g/mol. The second-order valence-electron chi connectivity index (χ2n) is 8.14. The molecule has 0 N–H and O–H groups in total. The maximum Gasteiger partial charge on any atom is 0.213 e. The van der Waals surface area contributed by atoms with Gasteiger partial charge in [-0.15, -0.1) is 0 Å². The van der Waals surface area contributed by atoms with Gasteiger partial charge in [0.05, 0.1) is 33.1 Å². The number of Topliss-reactive ketones (excluding diaryl/α,β-unsaturated/α-hetero) is 1. The highest BCUT2D eigenvalue weighted by molar-refractivity contribution is 6.45. The standard InChI is InChI=1S/C28H28N2O4/c1-19-14-24(29-18-19)25(31)16-21-6-4-7-22(15-21)23-8-5-9-28(30-23)34-13-12-20-10-11-26(32-2)27(17-20)33-3/h4-11,14-15,17H,12-13,16,18H2,1-3H3. The Morgan fingerprint density at radius 3 is 2.53 bits per heavy atom. The van der Waals surface area contributed by atoms with Gasteiger partial charge in [0.2, 0.25) is 5.88 Å². The van der Waals surface area contributed by atoms with Crippen molar-refractivity contribution in [1.82, 2.24) is 4.98 Å². The third-order valence-electron chi connectivity index (χ3n) is 5.57. The number of allylic oxidation sites excluding steroid dienone is 1. The zero-order chi connectivity index (χ0) is 23.9. The minimum absolute atomic E-state index is 0.0363. The van der Waals surface area contributed by atoms with E-state index in [4.69, 9.17) is 14.2 Å². The molecule has 1 aliphatic heterocycles. The zero-order valence-corrected chi connectivity index (χ0v) is 19.7. The quantitative estimate of drug-likeness (QED) is 0.434. The number of rotatable bonds is 10. The lowest BCUT2D eigenvalue weighted by Gasteiger charge is -2.11. The topological polar surface area (TPSA) is 70.0 Å². The molecule has 1 aromatic heterocycles. The third kappa shape index (κ3) is 5.70. The van der Waals surface area contributed by atoms with E-state index in [2.05, 4.69) is 9.98 Å². The van der Waals surface area contributed by atoms with Crippen LogP contribution in [0, 0.1) is 0 Å². The smallest absolute Gasteiger partial charge is 0.213 e. The lowest BCUT2D eigenvalue weighted by molar-refractivity contribution is -0.112. The molecule has 0 spiro atoms. The molecule has 2 aromatic carbocycles. The normalized spacial score (nSPS) is 12.7. The largest absolute Gasteiger partial charge is 0.493 e. The van der Waals surface area contributed by atoms with Crippen molar-refractivity contribution in [3.05, 3.63) is 83.4 Å². The molecule has 6 heteroatoms. The van der Waals surface area contributed by atoms with E-state index in [9.17, 15) is 4.79 Å². The van der Waals surface area contributed by atoms with Gasteiger partial charge >= 0.3 is 0 Å². The number of pyridine rings is 1. The zero-order valence-electron chi connectivity index (χ0n) is 19.7. The van der Waals surface area contributed by atoms with Crippen molar-refractivity contribution < 1.29 is 19.0 Å². The summed E-state index contributed by atoms with van der Waals surface area (Å²) in [5.41, 5.74) is 5.44. The van der Waals surface area contributed by atoms with Crippen molar-refractivity contribution in [2.24, 2.45) is 4.99 Å². The predicted octanol–water partition coefficient (Wildman–Crippen LogP) is 4.90. The summed E-state index contributed by atoms with van der Waals surface area (Å²) in [4.78, 5) is 21.5. The van der Waals surface area contributed by atoms with E-state index in [1.807, 2.05) is 73.7 Å². The third-order valence-corrected chi connectivity index (χ3v) is 5.57. The van der Waals surface area contributed by atoms with Crippen LogP contribution < -0.4 is 14.2 Å². The number of ketones is 1. The Balaban J connectivity index is 1.39. The molecular weight excluding hydrogens is 428 g/mol. The molecule has 34 heavy (non-hydrogen) atoms. The number of carbonyl (C=O) groups excluding carboxylic acids is 1. The van der Waals surface area contributed by atoms with Crippen molar-refractivity contribution >= 4 is 11.5 Å². The predicted molar refractivity (Wildman–Crippen MR) is 133 cm³/mol. The summed E-state index contributed by atoms with van der Waals surface area (Å²) >= 11 is 0. The Bertz CT molecular complexity index is 1250. The number of hydrogen-bond acceptors (Lipinski definition) is 6. The highest BCUT2D eigenvalue weighted by atomic mass is 16.5. The molecule has 3 aromatic rings. The van der Waals surface area contributed by atoms with E-state index in [1.165, 1.54) is 0 Å². The highest BCUT2D eigenvalue weighted by Gasteiger charge is 2.14. The summed E-state index contributed by atoms with van der Waals surface area (Å²) in [6, 6.07) is 19.4. The van der Waals surface area contributed by atoms with Gasteiger partial charge in [-0.1, -0.05) is 30.3 Å². The van der Waals surface area contributed by atoms with Crippen LogP contribution in [0.4, 0.5) is 0 Å². The molecular formula is C28H28N2O4. The first kappa shape index (κ1) is 23.2. The number of aliphatic imine (C=N–C) groups is 1. The molecule has 4 rings (SSSR count). The van der Waals surface area contributed by atoms with E-state index in [0.717, 1.165) is 28.0 Å². The SMILES string of the molecule is COc1ccc(CCOc2cccc(-c3cccc(CC(=O)C4=NCC(C)=C4)c3)n2)cc1OC. The van der Waals surface area contributed by atoms with Gasteiger partial charge in [0.1, 0.15) is 5.71 Å². The Morgan fingerprint density at radius 1 is 0.941 bits per heavy atom. The van der Waals surface area contributed by atoms with Crippen LogP contribution in [0.5, 0.6) is 17.4 Å². The van der Waals surface area contributed by atoms with Crippen molar-refractivity contribution in [1.29, 1.82) is 0 Å². The average molecular weight is 457 g/mol. The minimum atomic E-state index is 0.0363. The van der Waals surface area contributed by atoms with Gasteiger partial charge < -0.3 is 14.2 Å². The first-order chi connectivity index (χ1) is 16.6. The first-order valence-corrected chi connectivity index (χ1v) is 11.2. The van der Waals surface area contributed by atoms with Crippen LogP contribution in [-0.2, 0) is 17.6 Å². The summed E-state index contributed by atoms with van der Waals surface area (Å²) < 4.78 is 16.6. The maximum atomic E-state index is 12.5. The number of nitrogens with zero attached hydrogens (tertiary/aromatic N) is 2. The first-order valence-electron chi connectivity index (χ1n) is 11.2. The number of benzene rings is 2. The van der Waals surface area contributed by atoms with Gasteiger partial charge in [0, 0.05) is 24.5 Å². The van der Waals surface area contributed by atoms with Crippen molar-refractivity contribution in [3.63, 3.8) is 0 Å². The van der Waals surface area contributed by atoms with Crippen LogP contribution in [-0.4, -0.2) is 43.9 Å². The lowest BCUT2D eigenvalue weighted by Crippen LogP contribution is -2.13. The molecule has 174 valence electrons. The fourth-order valence-electron chi connectivity index (χ4n) is 3.79. The van der Waals surface area contributed by atoms with Crippen LogP contribution >= 0.6 is 0 Å². The van der Waals surface area contributed by atoms with E-state index < -0.39 is 0 Å². The maximum absolute atomic E-state index is 12.5. The van der Waals surface area contributed by atoms with Crippen LogP contribution in [0.2, 0.25) is 0 Å². The van der Waals surface area contributed by atoms with E-state index >= 15 is 0 Å². The van der Waals surface area contributed by atoms with Crippen LogP contribution in [0.15, 0.2) is 77.3 Å². The fourth-order valence-corrected chi connectivity index (χ4v) is 3.79. The molecule has 6 nitrogen and oxygen atoms in total. The average Bonchev–Trinajstić information content (AvgIpc) is 3.31. The second kappa shape index (κ2) is 10.8. The molecule has 0 radical (unpaired) electrons. The Kier molecular flexibility index (Phi) is 7.38. The van der Waals surface area contributed by atoms with Crippen molar-refractivity contribution in [2.45, 2.75) is 19.8 Å². The molecule has 1 aliphatic rings. The number of ether oxygens (including phenoxy) is 3. The highest BCUT2D eigenvalue weighted by Crippen LogP contribution is 2.28. The molecule has 0 fully saturated rings. The Labute approximate surface area is 199 Å². The molecule has 0 saturated carbocycles. The molecule has 0 amide bonds. The van der Waals surface area contributed by atoms with Crippen molar-refractivity contribution in [3.8, 4) is 28.6 Å². The summed E-state index contributed by atoms with van der Waals surface area (Å²) in [7, 11) is 3.24. The number of aromatic nitrogens is 1. The molecule has 0 unspecified atom stereocenters. The molecule has 0 aliphatic carbocycles. The van der Waals surface area contributed by atoms with Crippen LogP contribution in [0.1, 0.15) is 18.1 Å². The summed E-state index contributed by atoms with van der Waals surface area (Å²) in [6.07, 6.45) is 2.90. The summed E-state index contributed by atoms with van der Waals surface area (Å²) in [6.45, 7) is 3.08. The van der Waals surface area contributed by atoms with Gasteiger partial charge in [-0.05, 0) is 54.0 Å². The molecule has 2 heterocycles. The van der Waals surface area contributed by atoms with Crippen molar-refractivity contribution in [2.75, 3.05) is 27.4 Å². The molecule has 0 bridgehead atoms.